The standard InChI is InChI=1S/C16H20ClN3O3S/c1-8(2)23-15(22)11-7-10(4-5-12(11)17)19-14(21)13-6-9(3)18-16(24)20-13/h4-5,7-9,13H,6H2,1-3H3,(H,19,21)(H2,18,20,24)/t9-,13+/m1/s1. The van der Waals surface area contributed by atoms with Gasteiger partial charge < -0.3 is 20.7 Å². The molecule has 0 aromatic heterocycles. The van der Waals surface area contributed by atoms with Crippen molar-refractivity contribution in [2.75, 3.05) is 5.32 Å². The van der Waals surface area contributed by atoms with Gasteiger partial charge in [-0.15, -0.1) is 0 Å². The minimum absolute atomic E-state index is 0.108. The summed E-state index contributed by atoms with van der Waals surface area (Å²) < 4.78 is 5.15. The van der Waals surface area contributed by atoms with E-state index in [1.807, 2.05) is 6.92 Å². The summed E-state index contributed by atoms with van der Waals surface area (Å²) in [4.78, 5) is 24.4. The number of ether oxygens (including phenoxy) is 1. The Morgan fingerprint density at radius 3 is 2.71 bits per heavy atom. The number of carbonyl (C=O) groups is 2. The molecule has 1 saturated heterocycles. The summed E-state index contributed by atoms with van der Waals surface area (Å²) >= 11 is 11.1. The van der Waals surface area contributed by atoms with Crippen LogP contribution in [0.25, 0.3) is 0 Å². The third-order valence-electron chi connectivity index (χ3n) is 3.39. The lowest BCUT2D eigenvalue weighted by Crippen LogP contribution is -2.57. The minimum Gasteiger partial charge on any atom is -0.459 e. The van der Waals surface area contributed by atoms with Crippen LogP contribution in [0, 0.1) is 0 Å². The highest BCUT2D eigenvalue weighted by molar-refractivity contribution is 7.80. The molecule has 2 atom stereocenters. The third-order valence-corrected chi connectivity index (χ3v) is 3.95. The van der Waals surface area contributed by atoms with E-state index in [0.29, 0.717) is 17.2 Å². The topological polar surface area (TPSA) is 79.5 Å². The van der Waals surface area contributed by atoms with Crippen molar-refractivity contribution in [3.63, 3.8) is 0 Å². The zero-order valence-electron chi connectivity index (χ0n) is 13.7. The van der Waals surface area contributed by atoms with Crippen LogP contribution in [-0.4, -0.2) is 35.2 Å². The first-order valence-electron chi connectivity index (χ1n) is 7.64. The molecule has 0 radical (unpaired) electrons. The van der Waals surface area contributed by atoms with E-state index >= 15 is 0 Å². The van der Waals surface area contributed by atoms with Crippen LogP contribution in [0.3, 0.4) is 0 Å². The first-order valence-corrected chi connectivity index (χ1v) is 8.43. The Morgan fingerprint density at radius 1 is 1.38 bits per heavy atom. The molecule has 3 N–H and O–H groups in total. The molecule has 0 bridgehead atoms. The van der Waals surface area contributed by atoms with Gasteiger partial charge in [-0.25, -0.2) is 4.79 Å². The molecule has 0 aliphatic carbocycles. The van der Waals surface area contributed by atoms with Gasteiger partial charge in [0.15, 0.2) is 5.11 Å². The summed E-state index contributed by atoms with van der Waals surface area (Å²) in [6.07, 6.45) is 0.343. The van der Waals surface area contributed by atoms with E-state index in [1.54, 1.807) is 26.0 Å². The lowest BCUT2D eigenvalue weighted by atomic mass is 10.1. The highest BCUT2D eigenvalue weighted by Gasteiger charge is 2.27. The average Bonchev–Trinajstić information content (AvgIpc) is 2.47. The van der Waals surface area contributed by atoms with Crippen LogP contribution < -0.4 is 16.0 Å². The van der Waals surface area contributed by atoms with Crippen LogP contribution in [-0.2, 0) is 9.53 Å². The van der Waals surface area contributed by atoms with E-state index in [-0.39, 0.29) is 28.6 Å². The van der Waals surface area contributed by atoms with Crippen LogP contribution >= 0.6 is 23.8 Å². The first kappa shape index (κ1) is 18.5. The second kappa shape index (κ2) is 7.81. The van der Waals surface area contributed by atoms with Gasteiger partial charge in [-0.05, 0) is 57.6 Å². The molecule has 1 aromatic carbocycles. The summed E-state index contributed by atoms with van der Waals surface area (Å²) in [6.45, 7) is 5.46. The van der Waals surface area contributed by atoms with Crippen LogP contribution in [0.2, 0.25) is 5.02 Å². The molecule has 1 fully saturated rings. The smallest absolute Gasteiger partial charge is 0.339 e. The molecule has 24 heavy (non-hydrogen) atoms. The van der Waals surface area contributed by atoms with Gasteiger partial charge in [-0.2, -0.15) is 0 Å². The van der Waals surface area contributed by atoms with Crippen molar-refractivity contribution in [2.24, 2.45) is 0 Å². The molecule has 0 unspecified atom stereocenters. The number of esters is 1. The SMILES string of the molecule is CC(C)OC(=O)c1cc(NC(=O)[C@@H]2C[C@@H](C)NC(=S)N2)ccc1Cl. The Labute approximate surface area is 151 Å². The fourth-order valence-electron chi connectivity index (χ4n) is 2.33. The van der Waals surface area contributed by atoms with Gasteiger partial charge >= 0.3 is 5.97 Å². The van der Waals surface area contributed by atoms with Crippen molar-refractivity contribution in [3.8, 4) is 0 Å². The molecule has 6 nitrogen and oxygen atoms in total. The van der Waals surface area contributed by atoms with Crippen molar-refractivity contribution in [3.05, 3.63) is 28.8 Å². The molecule has 1 aromatic rings. The van der Waals surface area contributed by atoms with E-state index in [2.05, 4.69) is 16.0 Å². The van der Waals surface area contributed by atoms with E-state index in [4.69, 9.17) is 28.6 Å². The number of rotatable bonds is 4. The lowest BCUT2D eigenvalue weighted by Gasteiger charge is -2.30. The molecular formula is C16H20ClN3O3S. The predicted octanol–water partition coefficient (Wildman–Crippen LogP) is 2.47. The molecule has 1 heterocycles. The molecule has 0 spiro atoms. The van der Waals surface area contributed by atoms with E-state index in [0.717, 1.165) is 0 Å². The molecule has 130 valence electrons. The minimum atomic E-state index is -0.527. The fourth-order valence-corrected chi connectivity index (χ4v) is 2.87. The number of anilines is 1. The fraction of sp³-hybridized carbons (Fsp3) is 0.438. The molecule has 1 amide bonds. The number of thiocarbonyl (C=S) groups is 1. The highest BCUT2D eigenvalue weighted by atomic mass is 35.5. The summed E-state index contributed by atoms with van der Waals surface area (Å²) in [6, 6.07) is 4.37. The Bertz CT molecular complexity index is 666. The van der Waals surface area contributed by atoms with Crippen LogP contribution in [0.15, 0.2) is 18.2 Å². The van der Waals surface area contributed by atoms with Crippen LogP contribution in [0.5, 0.6) is 0 Å². The van der Waals surface area contributed by atoms with Crippen molar-refractivity contribution < 1.29 is 14.3 Å². The van der Waals surface area contributed by atoms with Gasteiger partial charge in [0.05, 0.1) is 16.7 Å². The maximum absolute atomic E-state index is 12.4. The average molecular weight is 370 g/mol. The largest absolute Gasteiger partial charge is 0.459 e. The summed E-state index contributed by atoms with van der Waals surface area (Å²) in [5.74, 6) is -0.753. The summed E-state index contributed by atoms with van der Waals surface area (Å²) in [5, 5.41) is 9.47. The van der Waals surface area contributed by atoms with Crippen molar-refractivity contribution in [1.82, 2.24) is 10.6 Å². The van der Waals surface area contributed by atoms with Crippen molar-refractivity contribution in [1.29, 1.82) is 0 Å². The quantitative estimate of drug-likeness (QED) is 0.559. The molecule has 1 aliphatic rings. The maximum Gasteiger partial charge on any atom is 0.339 e. The molecule has 2 rings (SSSR count). The van der Waals surface area contributed by atoms with E-state index < -0.39 is 12.0 Å². The van der Waals surface area contributed by atoms with Gasteiger partial charge in [0.25, 0.3) is 0 Å². The third kappa shape index (κ3) is 4.82. The number of halogens is 1. The Morgan fingerprint density at radius 2 is 2.08 bits per heavy atom. The van der Waals surface area contributed by atoms with Crippen molar-refractivity contribution >= 4 is 46.5 Å². The van der Waals surface area contributed by atoms with Crippen LogP contribution in [0.1, 0.15) is 37.6 Å². The number of amides is 1. The zero-order chi connectivity index (χ0) is 17.9. The number of carbonyl (C=O) groups excluding carboxylic acids is 2. The van der Waals surface area contributed by atoms with Gasteiger partial charge in [0, 0.05) is 11.7 Å². The second-order valence-corrected chi connectivity index (χ2v) is 6.76. The first-order chi connectivity index (χ1) is 11.3. The van der Waals surface area contributed by atoms with Crippen molar-refractivity contribution in [2.45, 2.75) is 45.4 Å². The van der Waals surface area contributed by atoms with Gasteiger partial charge in [0.2, 0.25) is 5.91 Å². The maximum atomic E-state index is 12.4. The van der Waals surface area contributed by atoms with Gasteiger partial charge in [-0.1, -0.05) is 11.6 Å². The monoisotopic (exact) mass is 369 g/mol. The predicted molar refractivity (Wildman–Crippen MR) is 97.4 cm³/mol. The molecule has 0 saturated carbocycles. The summed E-state index contributed by atoms with van der Waals surface area (Å²) in [5.41, 5.74) is 0.685. The number of hydrogen-bond donors (Lipinski definition) is 3. The molecule has 8 heteroatoms. The van der Waals surface area contributed by atoms with E-state index in [9.17, 15) is 9.59 Å². The lowest BCUT2D eigenvalue weighted by molar-refractivity contribution is -0.118. The normalized spacial score (nSPS) is 20.1. The van der Waals surface area contributed by atoms with Gasteiger partial charge in [0.1, 0.15) is 6.04 Å². The van der Waals surface area contributed by atoms with E-state index in [1.165, 1.54) is 6.07 Å². The molecule has 1 aliphatic heterocycles. The number of benzene rings is 1. The summed E-state index contributed by atoms with van der Waals surface area (Å²) in [7, 11) is 0. The highest BCUT2D eigenvalue weighted by Crippen LogP contribution is 2.22. The number of nitrogens with one attached hydrogen (secondary N) is 3. The number of hydrogen-bond acceptors (Lipinski definition) is 4. The zero-order valence-corrected chi connectivity index (χ0v) is 15.3. The second-order valence-electron chi connectivity index (χ2n) is 5.95. The Balaban J connectivity index is 2.11. The van der Waals surface area contributed by atoms with Crippen LogP contribution in [0.4, 0.5) is 5.69 Å². The Kier molecular flexibility index (Phi) is 6.01. The molecular weight excluding hydrogens is 350 g/mol. The Hall–Kier alpha value is -1.86. The van der Waals surface area contributed by atoms with Gasteiger partial charge in [-0.3, -0.25) is 4.79 Å².